The van der Waals surface area contributed by atoms with Gasteiger partial charge in [-0.1, -0.05) is 43.2 Å². The number of carbonyl (C=O) groups is 1. The van der Waals surface area contributed by atoms with Crippen molar-refractivity contribution in [2.45, 2.75) is 56.9 Å². The molecule has 0 saturated carbocycles. The molecule has 3 aliphatic rings. The summed E-state index contributed by atoms with van der Waals surface area (Å²) in [6.45, 7) is 10.1. The van der Waals surface area contributed by atoms with Crippen LogP contribution in [-0.4, -0.2) is 86.0 Å². The van der Waals surface area contributed by atoms with Crippen LogP contribution in [0.4, 0.5) is 17.1 Å². The highest BCUT2D eigenvalue weighted by molar-refractivity contribution is 7.90. The molecule has 0 radical (unpaired) electrons. The number of amides is 1. The number of piperazine rings is 1. The van der Waals surface area contributed by atoms with Gasteiger partial charge in [-0.25, -0.2) is 18.1 Å². The largest absolute Gasteiger partial charge is 0.456 e. The molecular formula is C49H53ClN8O6S2. The molecule has 4 heterocycles. The summed E-state index contributed by atoms with van der Waals surface area (Å²) in [6, 6.07) is 24.3. The Labute approximate surface area is 393 Å². The zero-order valence-electron chi connectivity index (χ0n) is 36.9. The van der Waals surface area contributed by atoms with Crippen molar-refractivity contribution in [1.29, 1.82) is 0 Å². The Morgan fingerprint density at radius 2 is 1.85 bits per heavy atom. The maximum Gasteiger partial charge on any atom is 0.293 e. The molecule has 2 aromatic heterocycles. The second-order valence-corrected chi connectivity index (χ2v) is 21.3. The van der Waals surface area contributed by atoms with E-state index in [1.54, 1.807) is 41.8 Å². The van der Waals surface area contributed by atoms with E-state index in [1.807, 2.05) is 41.9 Å². The zero-order chi connectivity index (χ0) is 46.0. The van der Waals surface area contributed by atoms with Gasteiger partial charge in [-0.3, -0.25) is 19.8 Å². The van der Waals surface area contributed by atoms with E-state index < -0.39 is 31.4 Å². The number of anilines is 2. The first-order valence-corrected chi connectivity index (χ1v) is 25.1. The highest BCUT2D eigenvalue weighted by Gasteiger charge is 2.32. The number of carbonyl (C=O) groups excluding carboxylic acids is 1. The monoisotopic (exact) mass is 948 g/mol. The van der Waals surface area contributed by atoms with Gasteiger partial charge in [-0.15, -0.1) is 11.3 Å². The fraction of sp³-hybridized carbons (Fsp3) is 0.347. The number of ether oxygens (including phenoxy) is 1. The van der Waals surface area contributed by atoms with Gasteiger partial charge in [-0.2, -0.15) is 0 Å². The van der Waals surface area contributed by atoms with Crippen LogP contribution in [-0.2, 0) is 16.4 Å². The molecule has 2 fully saturated rings. The van der Waals surface area contributed by atoms with E-state index in [9.17, 15) is 23.3 Å². The smallest absolute Gasteiger partial charge is 0.293 e. The number of hydrogen-bond acceptors (Lipinski definition) is 12. The van der Waals surface area contributed by atoms with Gasteiger partial charge in [0, 0.05) is 103 Å². The maximum atomic E-state index is 14.1. The number of allylic oxidation sites excluding steroid dienone is 1. The number of rotatable bonds is 14. The number of nitro benzene ring substituents is 1. The molecule has 9 rings (SSSR count). The summed E-state index contributed by atoms with van der Waals surface area (Å²) in [5, 5.41) is 23.6. The van der Waals surface area contributed by atoms with Crippen LogP contribution in [0.3, 0.4) is 0 Å². The number of thiazole rings is 1. The first-order chi connectivity index (χ1) is 31.8. The second kappa shape index (κ2) is 19.2. The lowest BCUT2D eigenvalue weighted by Crippen LogP contribution is -2.47. The van der Waals surface area contributed by atoms with Crippen LogP contribution in [0.5, 0.6) is 11.5 Å². The van der Waals surface area contributed by atoms with Crippen molar-refractivity contribution in [3.8, 4) is 11.5 Å². The van der Waals surface area contributed by atoms with Gasteiger partial charge < -0.3 is 25.3 Å². The molecule has 344 valence electrons. The molecule has 17 heteroatoms. The summed E-state index contributed by atoms with van der Waals surface area (Å²) in [6.07, 6.45) is 8.19. The lowest BCUT2D eigenvalue weighted by atomic mass is 9.72. The van der Waals surface area contributed by atoms with Crippen molar-refractivity contribution in [1.82, 2.24) is 24.9 Å². The third-order valence-electron chi connectivity index (χ3n) is 13.1. The third-order valence-corrected chi connectivity index (χ3v) is 15.4. The summed E-state index contributed by atoms with van der Waals surface area (Å²) in [4.78, 5) is 37.8. The number of H-pyrrole nitrogens is 1. The average molecular weight is 950 g/mol. The molecule has 1 aliphatic carbocycles. The Morgan fingerprint density at radius 3 is 2.62 bits per heavy atom. The first-order valence-electron chi connectivity index (χ1n) is 22.3. The summed E-state index contributed by atoms with van der Waals surface area (Å²) < 4.78 is 36.4. The predicted molar refractivity (Wildman–Crippen MR) is 261 cm³/mol. The number of nitro groups is 1. The second-order valence-electron chi connectivity index (χ2n) is 18.2. The Morgan fingerprint density at radius 1 is 1.03 bits per heavy atom. The molecule has 0 spiro atoms. The SMILES string of the molecule is CC1(C)CCC(CN2CCN(c3ccc(C(=O)NS(=O)(=O)c4ccc(NC5CCNCC5Cc5nccs5)c([N+](=O)[O-])c4)c(Oc4ccc5[nH]ccc5c4)c3)CC2)=C(c2ccc(Cl)cc2)C1. The van der Waals surface area contributed by atoms with Crippen molar-refractivity contribution >= 4 is 72.4 Å². The van der Waals surface area contributed by atoms with Crippen LogP contribution in [0.15, 0.2) is 113 Å². The van der Waals surface area contributed by atoms with Gasteiger partial charge in [0.1, 0.15) is 17.2 Å². The number of hydrogen-bond donors (Lipinski definition) is 4. The summed E-state index contributed by atoms with van der Waals surface area (Å²) in [5.41, 5.74) is 5.86. The normalized spacial score (nSPS) is 19.2. The number of halogens is 1. The molecule has 0 bridgehead atoms. The van der Waals surface area contributed by atoms with Gasteiger partial charge in [-0.05, 0) is 115 Å². The van der Waals surface area contributed by atoms with Gasteiger partial charge >= 0.3 is 0 Å². The lowest BCUT2D eigenvalue weighted by Gasteiger charge is -2.39. The minimum absolute atomic E-state index is 0.0121. The summed E-state index contributed by atoms with van der Waals surface area (Å²) in [5.74, 6) is -0.201. The first kappa shape index (κ1) is 45.4. The number of aromatic amines is 1. The van der Waals surface area contributed by atoms with Crippen molar-refractivity contribution in [2.24, 2.45) is 11.3 Å². The molecule has 4 aromatic carbocycles. The molecule has 66 heavy (non-hydrogen) atoms. The Bertz CT molecular complexity index is 2880. The van der Waals surface area contributed by atoms with Crippen LogP contribution >= 0.6 is 22.9 Å². The number of sulfonamides is 1. The number of nitrogens with one attached hydrogen (secondary N) is 4. The molecular weight excluding hydrogens is 896 g/mol. The van der Waals surface area contributed by atoms with Gasteiger partial charge in [0.2, 0.25) is 0 Å². The van der Waals surface area contributed by atoms with Crippen molar-refractivity contribution < 1.29 is 22.9 Å². The quantitative estimate of drug-likeness (QED) is 0.0605. The van der Waals surface area contributed by atoms with E-state index in [2.05, 4.69) is 61.1 Å². The van der Waals surface area contributed by atoms with Crippen molar-refractivity contribution in [2.75, 3.05) is 56.0 Å². The highest BCUT2D eigenvalue weighted by atomic mass is 35.5. The molecule has 2 saturated heterocycles. The number of aromatic nitrogens is 2. The molecule has 6 aromatic rings. The van der Waals surface area contributed by atoms with Gasteiger partial charge in [0.05, 0.1) is 20.4 Å². The highest BCUT2D eigenvalue weighted by Crippen LogP contribution is 2.44. The van der Waals surface area contributed by atoms with Crippen LogP contribution < -0.4 is 25.0 Å². The Hall–Kier alpha value is -5.78. The molecule has 14 nitrogen and oxygen atoms in total. The van der Waals surface area contributed by atoms with E-state index in [4.69, 9.17) is 16.3 Å². The van der Waals surface area contributed by atoms with Crippen LogP contribution in [0.25, 0.3) is 16.5 Å². The van der Waals surface area contributed by atoms with Crippen LogP contribution in [0.2, 0.25) is 5.02 Å². The fourth-order valence-corrected chi connectivity index (χ4v) is 11.2. The van der Waals surface area contributed by atoms with Gasteiger partial charge in [0.25, 0.3) is 21.6 Å². The van der Waals surface area contributed by atoms with Gasteiger partial charge in [0.15, 0.2) is 0 Å². The minimum atomic E-state index is -4.58. The standard InChI is InChI=1S/C49H53ClN8O6S2/c1-49(2)16-13-34(41(29-49)32-3-5-36(50)6-4-32)31-56-20-22-57(23-21-56)37-7-10-40(46(27-37)64-38-8-11-42-33(25-38)14-18-52-42)48(59)55-66(62,63)39-9-12-44(45(28-39)58(60)61)54-43-15-17-51-30-35(43)26-47-53-19-24-65-47/h3-12,14,18-19,24-25,27-28,35,43,51-52,54H,13,15-17,20-23,26,29-31H2,1-2H3,(H,55,59). The number of nitrogens with zero attached hydrogens (tertiary/aromatic N) is 4. The molecule has 2 atom stereocenters. The van der Waals surface area contributed by atoms with E-state index in [-0.39, 0.29) is 34.4 Å². The van der Waals surface area contributed by atoms with Crippen molar-refractivity contribution in [3.63, 3.8) is 0 Å². The molecule has 4 N–H and O–H groups in total. The van der Waals surface area contributed by atoms with Crippen LogP contribution in [0.1, 0.15) is 60.5 Å². The zero-order valence-corrected chi connectivity index (χ0v) is 39.3. The average Bonchev–Trinajstić information content (AvgIpc) is 4.00. The number of fused-ring (bicyclic) bond motifs is 1. The Kier molecular flexibility index (Phi) is 13.2. The minimum Gasteiger partial charge on any atom is -0.456 e. The molecule has 2 unspecified atom stereocenters. The molecule has 1 amide bonds. The molecule has 2 aliphatic heterocycles. The van der Waals surface area contributed by atoms with E-state index in [0.717, 1.165) is 91.2 Å². The number of piperidine rings is 1. The van der Waals surface area contributed by atoms with E-state index in [0.29, 0.717) is 25.1 Å². The Balaban J connectivity index is 0.929. The fourth-order valence-electron chi connectivity index (χ4n) is 9.39. The third kappa shape index (κ3) is 10.4. The maximum absolute atomic E-state index is 14.1. The van der Waals surface area contributed by atoms with Crippen LogP contribution in [0, 0.1) is 21.4 Å². The summed E-state index contributed by atoms with van der Waals surface area (Å²) in [7, 11) is -4.58. The lowest BCUT2D eigenvalue weighted by molar-refractivity contribution is -0.384. The van der Waals surface area contributed by atoms with E-state index in [1.165, 1.54) is 28.8 Å². The predicted octanol–water partition coefficient (Wildman–Crippen LogP) is 9.52. The number of benzene rings is 4. The van der Waals surface area contributed by atoms with Crippen molar-refractivity contribution in [3.05, 3.63) is 140 Å². The van der Waals surface area contributed by atoms with E-state index >= 15 is 0 Å². The topological polar surface area (TPSA) is 175 Å². The summed E-state index contributed by atoms with van der Waals surface area (Å²) >= 11 is 7.82.